The second-order valence-electron chi connectivity index (χ2n) is 11.7. The number of aliphatic hydroxyl groups excluding tert-OH is 1. The van der Waals surface area contributed by atoms with Crippen molar-refractivity contribution in [3.8, 4) is 0 Å². The number of rotatable bonds is 21. The SMILES string of the molecule is CC[Si](CC)(CC)O[C@@H](C/C=[CH]\[Sn]([CH3])([CH3])[CH3])C[C@H](/C=C/C=C/CCC[C@H](C)O)O[Si](CC)(CC)CC. The van der Waals surface area contributed by atoms with Gasteiger partial charge in [0, 0.05) is 0 Å². The third-order valence-electron chi connectivity index (χ3n) is 7.76. The van der Waals surface area contributed by atoms with Crippen molar-refractivity contribution < 1.29 is 14.0 Å². The first-order valence-corrected chi connectivity index (χ1v) is 30.3. The molecule has 0 spiro atoms. The van der Waals surface area contributed by atoms with Crippen LogP contribution in [0.15, 0.2) is 34.5 Å². The first kappa shape index (κ1) is 36.3. The van der Waals surface area contributed by atoms with Crippen molar-refractivity contribution in [3.63, 3.8) is 0 Å². The molecule has 0 aliphatic carbocycles. The van der Waals surface area contributed by atoms with Crippen LogP contribution in [0, 0.1) is 0 Å². The monoisotopic (exact) mass is 646 g/mol. The Morgan fingerprint density at radius 1 is 0.778 bits per heavy atom. The van der Waals surface area contributed by atoms with Gasteiger partial charge in [-0.05, 0) is 13.3 Å². The molecule has 0 aliphatic heterocycles. The molecule has 0 saturated heterocycles. The van der Waals surface area contributed by atoms with Gasteiger partial charge in [-0.3, -0.25) is 0 Å². The summed E-state index contributed by atoms with van der Waals surface area (Å²) >= 11 is -1.96. The Balaban J connectivity index is 5.82. The Hall–Kier alpha value is 0.332. The van der Waals surface area contributed by atoms with Gasteiger partial charge >= 0.3 is 209 Å². The van der Waals surface area contributed by atoms with Crippen LogP contribution in [0.3, 0.4) is 0 Å². The van der Waals surface area contributed by atoms with Gasteiger partial charge in [0.05, 0.1) is 6.10 Å². The summed E-state index contributed by atoms with van der Waals surface area (Å²) in [6.07, 6.45) is 16.3. The first-order valence-electron chi connectivity index (χ1n) is 15.0. The van der Waals surface area contributed by atoms with Crippen LogP contribution in [-0.4, -0.2) is 58.4 Å². The van der Waals surface area contributed by atoms with E-state index in [1.807, 2.05) is 6.92 Å². The van der Waals surface area contributed by atoms with Gasteiger partial charge in [-0.1, -0.05) is 0 Å². The van der Waals surface area contributed by atoms with Crippen molar-refractivity contribution in [3.05, 3.63) is 34.5 Å². The van der Waals surface area contributed by atoms with E-state index in [0.717, 1.165) is 32.1 Å². The predicted octanol–water partition coefficient (Wildman–Crippen LogP) is 9.64. The Kier molecular flexibility index (Phi) is 19.6. The van der Waals surface area contributed by atoms with Crippen LogP contribution in [-0.2, 0) is 8.85 Å². The van der Waals surface area contributed by atoms with Crippen LogP contribution >= 0.6 is 0 Å². The molecule has 36 heavy (non-hydrogen) atoms. The van der Waals surface area contributed by atoms with Gasteiger partial charge in [0.2, 0.25) is 0 Å². The summed E-state index contributed by atoms with van der Waals surface area (Å²) in [6.45, 7) is 15.8. The van der Waals surface area contributed by atoms with Crippen LogP contribution in [0.25, 0.3) is 0 Å². The van der Waals surface area contributed by atoms with Crippen LogP contribution in [0.1, 0.15) is 80.6 Å². The fourth-order valence-corrected chi connectivity index (χ4v) is 12.9. The summed E-state index contributed by atoms with van der Waals surface area (Å²) in [7, 11) is -3.45. The Morgan fingerprint density at radius 3 is 1.78 bits per heavy atom. The van der Waals surface area contributed by atoms with Crippen molar-refractivity contribution in [1.82, 2.24) is 0 Å². The zero-order valence-corrected chi connectivity index (χ0v) is 30.6. The summed E-state index contributed by atoms with van der Waals surface area (Å²) < 4.78 is 16.7. The number of unbranched alkanes of at least 4 members (excludes halogenated alkanes) is 1. The van der Waals surface area contributed by atoms with E-state index >= 15 is 0 Å². The molecule has 0 aliphatic rings. The molecule has 0 rings (SSSR count). The van der Waals surface area contributed by atoms with Crippen LogP contribution in [0.4, 0.5) is 0 Å². The van der Waals surface area contributed by atoms with Crippen molar-refractivity contribution in [2.45, 2.75) is 150 Å². The quantitative estimate of drug-likeness (QED) is 0.0768. The van der Waals surface area contributed by atoms with Crippen molar-refractivity contribution in [1.29, 1.82) is 0 Å². The van der Waals surface area contributed by atoms with E-state index in [9.17, 15) is 5.11 Å². The molecule has 0 unspecified atom stereocenters. The molecule has 0 heterocycles. The molecule has 0 aromatic rings. The summed E-state index contributed by atoms with van der Waals surface area (Å²) in [5.41, 5.74) is 0. The Bertz CT molecular complexity index is 616. The molecule has 0 fully saturated rings. The third-order valence-corrected chi connectivity index (χ3v) is 20.7. The standard InChI is InChI=1S/C27H53O3Si2.3CH3.Sn/c1-9-21-26(29-31(10-2,11-3)12-4)24-27(30-32(13-5,14-6)15-7)23-20-18-16-17-19-22-25(8)28;;;;/h1,9,16,18,20,23,25-28H,10-15,17,19,21-22,24H2,2-8H3;3*1H3;/b9-1?,18-16+,23-20+;;;;/t25-,26-,27-;;;;/m0..../s1. The predicted molar refractivity (Wildman–Crippen MR) is 170 cm³/mol. The summed E-state index contributed by atoms with van der Waals surface area (Å²) in [5.74, 6) is 0. The van der Waals surface area contributed by atoms with Gasteiger partial charge in [0.15, 0.2) is 0 Å². The van der Waals surface area contributed by atoms with E-state index in [1.54, 1.807) is 0 Å². The van der Waals surface area contributed by atoms with E-state index in [4.69, 9.17) is 8.85 Å². The number of hydrogen-bond acceptors (Lipinski definition) is 3. The zero-order valence-electron chi connectivity index (χ0n) is 25.7. The molecule has 0 aromatic carbocycles. The topological polar surface area (TPSA) is 38.7 Å². The molecule has 3 nitrogen and oxygen atoms in total. The molecule has 0 radical (unpaired) electrons. The Labute approximate surface area is 232 Å². The fraction of sp³-hybridized carbons (Fsp3) is 0.800. The van der Waals surface area contributed by atoms with Crippen LogP contribution in [0.5, 0.6) is 0 Å². The second kappa shape index (κ2) is 19.4. The summed E-state index contributed by atoms with van der Waals surface area (Å²) in [6, 6.07) is 7.07. The Morgan fingerprint density at radius 2 is 1.31 bits per heavy atom. The van der Waals surface area contributed by atoms with Gasteiger partial charge in [-0.25, -0.2) is 0 Å². The van der Waals surface area contributed by atoms with Gasteiger partial charge < -0.3 is 5.11 Å². The molecule has 0 bridgehead atoms. The van der Waals surface area contributed by atoms with Crippen LogP contribution in [0.2, 0.25) is 51.1 Å². The first-order chi connectivity index (χ1) is 16.9. The van der Waals surface area contributed by atoms with Gasteiger partial charge in [0.1, 0.15) is 0 Å². The molecule has 6 heteroatoms. The zero-order chi connectivity index (χ0) is 27.7. The number of hydrogen-bond donors (Lipinski definition) is 1. The van der Waals surface area contributed by atoms with E-state index in [2.05, 4.69) is 90.8 Å². The molecule has 0 saturated carbocycles. The van der Waals surface area contributed by atoms with Gasteiger partial charge in [-0.2, -0.15) is 0 Å². The van der Waals surface area contributed by atoms with Crippen molar-refractivity contribution >= 4 is 35.0 Å². The average molecular weight is 646 g/mol. The molecule has 0 aromatic heterocycles. The molecule has 0 amide bonds. The fourth-order valence-electron chi connectivity index (χ4n) is 4.76. The normalized spacial score (nSPS) is 16.4. The van der Waals surface area contributed by atoms with Gasteiger partial charge in [0.25, 0.3) is 0 Å². The van der Waals surface area contributed by atoms with E-state index in [-0.39, 0.29) is 18.3 Å². The maximum atomic E-state index is 9.47. The number of allylic oxidation sites excluding steroid dienone is 3. The van der Waals surface area contributed by atoms with E-state index in [0.29, 0.717) is 0 Å². The molecule has 3 atom stereocenters. The van der Waals surface area contributed by atoms with Gasteiger partial charge in [-0.15, -0.1) is 0 Å². The molecule has 1 N–H and O–H groups in total. The average Bonchev–Trinajstić information content (AvgIpc) is 2.84. The molecular formula is C30H62O3Si2Sn. The van der Waals surface area contributed by atoms with Crippen LogP contribution < -0.4 is 0 Å². The molecular weight excluding hydrogens is 583 g/mol. The molecule has 212 valence electrons. The van der Waals surface area contributed by atoms with Crippen molar-refractivity contribution in [2.75, 3.05) is 0 Å². The maximum absolute atomic E-state index is 9.47. The van der Waals surface area contributed by atoms with Crippen molar-refractivity contribution in [2.24, 2.45) is 0 Å². The second-order valence-corrected chi connectivity index (χ2v) is 35.6. The third kappa shape index (κ3) is 15.7. The number of aliphatic hydroxyl groups is 1. The van der Waals surface area contributed by atoms with E-state index < -0.39 is 35.0 Å². The summed E-state index contributed by atoms with van der Waals surface area (Å²) in [4.78, 5) is 7.41. The minimum absolute atomic E-state index is 0.104. The minimum atomic E-state index is -1.96. The summed E-state index contributed by atoms with van der Waals surface area (Å²) in [5, 5.41) is 9.47. The van der Waals surface area contributed by atoms with E-state index in [1.165, 1.54) is 36.3 Å².